The molecule has 29 heavy (non-hydrogen) atoms. The normalized spacial score (nSPS) is 11.9. The lowest BCUT2D eigenvalue weighted by atomic mass is 10.1. The second-order valence-corrected chi connectivity index (χ2v) is 7.95. The molecule has 0 aliphatic heterocycles. The molecule has 152 valence electrons. The third-order valence-electron chi connectivity index (χ3n) is 4.81. The lowest BCUT2D eigenvalue weighted by Crippen LogP contribution is -3.06. The van der Waals surface area contributed by atoms with Crippen molar-refractivity contribution in [2.75, 3.05) is 19.1 Å². The van der Waals surface area contributed by atoms with Crippen molar-refractivity contribution < 1.29 is 14.4 Å². The first-order chi connectivity index (χ1) is 14.0. The maximum atomic E-state index is 12.4. The summed E-state index contributed by atoms with van der Waals surface area (Å²) in [5.74, 6) is 0.845. The number of aryl methyl sites for hydroxylation is 1. The van der Waals surface area contributed by atoms with Crippen molar-refractivity contribution in [3.05, 3.63) is 70.7 Å². The molecule has 1 N–H and O–H groups in total. The highest BCUT2D eigenvalue weighted by molar-refractivity contribution is 7.14. The first kappa shape index (κ1) is 21.0. The number of aromatic nitrogens is 1. The zero-order valence-electron chi connectivity index (χ0n) is 17.4. The minimum absolute atomic E-state index is 0.0225. The van der Waals surface area contributed by atoms with Gasteiger partial charge in [0.1, 0.15) is 24.5 Å². The van der Waals surface area contributed by atoms with Crippen LogP contribution in [0.25, 0.3) is 0 Å². The number of rotatable bonds is 8. The van der Waals surface area contributed by atoms with Crippen molar-refractivity contribution in [3.8, 4) is 5.75 Å². The number of nitrogens with one attached hydrogen (secondary N) is 1. The molecule has 1 unspecified atom stereocenters. The standard InChI is InChI=1S/C23H27N3O2S/c1-5-19-8-6-7-9-22(19)26(17(2)27)23-24-20(16-29-23)15-25(3)14-18-10-12-21(28-4)13-11-18/h6-13,16H,5,14-15H2,1-4H3/p+1. The largest absolute Gasteiger partial charge is 0.497 e. The number of anilines is 2. The number of ether oxygens (including phenoxy) is 1. The fourth-order valence-electron chi connectivity index (χ4n) is 3.38. The van der Waals surface area contributed by atoms with Gasteiger partial charge in [0.25, 0.3) is 0 Å². The SMILES string of the molecule is CCc1ccccc1N(C(C)=O)c1nc(C[NH+](C)Cc2ccc(OC)cc2)cs1. The Morgan fingerprint density at radius 1 is 1.14 bits per heavy atom. The van der Waals surface area contributed by atoms with Crippen molar-refractivity contribution in [3.63, 3.8) is 0 Å². The Kier molecular flexibility index (Phi) is 7.01. The van der Waals surface area contributed by atoms with Gasteiger partial charge in [0.05, 0.1) is 19.8 Å². The van der Waals surface area contributed by atoms with Gasteiger partial charge in [-0.3, -0.25) is 9.69 Å². The molecule has 1 aromatic heterocycles. The third kappa shape index (κ3) is 5.22. The average molecular weight is 411 g/mol. The Bertz CT molecular complexity index is 953. The molecule has 0 fully saturated rings. The summed E-state index contributed by atoms with van der Waals surface area (Å²) in [5, 5.41) is 2.78. The molecule has 2 aromatic carbocycles. The molecule has 1 amide bonds. The topological polar surface area (TPSA) is 46.9 Å². The third-order valence-corrected chi connectivity index (χ3v) is 5.68. The molecule has 3 aromatic rings. The first-order valence-electron chi connectivity index (χ1n) is 9.79. The molecule has 0 bridgehead atoms. The van der Waals surface area contributed by atoms with Gasteiger partial charge in [-0.1, -0.05) is 25.1 Å². The van der Waals surface area contributed by atoms with Crippen LogP contribution in [0.1, 0.15) is 30.7 Å². The van der Waals surface area contributed by atoms with Crippen molar-refractivity contribution in [2.24, 2.45) is 0 Å². The molecule has 0 saturated heterocycles. The molecule has 6 heteroatoms. The Morgan fingerprint density at radius 2 is 1.86 bits per heavy atom. The number of hydrogen-bond acceptors (Lipinski definition) is 4. The van der Waals surface area contributed by atoms with E-state index in [1.807, 2.05) is 30.3 Å². The zero-order chi connectivity index (χ0) is 20.8. The highest BCUT2D eigenvalue weighted by atomic mass is 32.1. The number of quaternary nitrogens is 1. The van der Waals surface area contributed by atoms with Crippen LogP contribution in [-0.2, 0) is 24.3 Å². The Balaban J connectivity index is 1.73. The molecule has 3 rings (SSSR count). The summed E-state index contributed by atoms with van der Waals surface area (Å²) >= 11 is 1.52. The van der Waals surface area contributed by atoms with Gasteiger partial charge in [-0.05, 0) is 42.3 Å². The Morgan fingerprint density at radius 3 is 2.52 bits per heavy atom. The van der Waals surface area contributed by atoms with Crippen molar-refractivity contribution in [2.45, 2.75) is 33.4 Å². The van der Waals surface area contributed by atoms with E-state index in [2.05, 4.69) is 37.6 Å². The molecule has 0 spiro atoms. The number of nitrogens with zero attached hydrogens (tertiary/aromatic N) is 2. The van der Waals surface area contributed by atoms with Gasteiger partial charge in [-0.2, -0.15) is 0 Å². The number of carbonyl (C=O) groups excluding carboxylic acids is 1. The van der Waals surface area contributed by atoms with Crippen LogP contribution in [0.15, 0.2) is 53.9 Å². The van der Waals surface area contributed by atoms with E-state index in [1.54, 1.807) is 18.9 Å². The summed E-state index contributed by atoms with van der Waals surface area (Å²) in [7, 11) is 3.83. The minimum atomic E-state index is -0.0225. The molecule has 1 heterocycles. The van der Waals surface area contributed by atoms with Crippen molar-refractivity contribution in [1.29, 1.82) is 0 Å². The second-order valence-electron chi connectivity index (χ2n) is 7.12. The van der Waals surface area contributed by atoms with Crippen LogP contribution in [0.3, 0.4) is 0 Å². The van der Waals surface area contributed by atoms with Gasteiger partial charge < -0.3 is 9.64 Å². The molecule has 0 aliphatic rings. The van der Waals surface area contributed by atoms with E-state index in [0.717, 1.165) is 47.3 Å². The van der Waals surface area contributed by atoms with Crippen LogP contribution in [0, 0.1) is 0 Å². The van der Waals surface area contributed by atoms with E-state index in [1.165, 1.54) is 21.8 Å². The van der Waals surface area contributed by atoms with Gasteiger partial charge in [-0.15, -0.1) is 11.3 Å². The highest BCUT2D eigenvalue weighted by Gasteiger charge is 2.21. The maximum absolute atomic E-state index is 12.4. The number of thiazole rings is 1. The first-order valence-corrected chi connectivity index (χ1v) is 10.7. The number of benzene rings is 2. The quantitative estimate of drug-likeness (QED) is 0.617. The van der Waals surface area contributed by atoms with Crippen LogP contribution < -0.4 is 14.5 Å². The second kappa shape index (κ2) is 9.67. The molecule has 0 saturated carbocycles. The van der Waals surface area contributed by atoms with E-state index < -0.39 is 0 Å². The van der Waals surface area contributed by atoms with Crippen LogP contribution in [0.2, 0.25) is 0 Å². The highest BCUT2D eigenvalue weighted by Crippen LogP contribution is 2.31. The van der Waals surface area contributed by atoms with E-state index in [9.17, 15) is 4.79 Å². The molecular weight excluding hydrogens is 382 g/mol. The van der Waals surface area contributed by atoms with Gasteiger partial charge in [0.15, 0.2) is 5.13 Å². The fraction of sp³-hybridized carbons (Fsp3) is 0.304. The van der Waals surface area contributed by atoms with Gasteiger partial charge in [-0.25, -0.2) is 4.98 Å². The fourth-order valence-corrected chi connectivity index (χ4v) is 4.26. The predicted molar refractivity (Wildman–Crippen MR) is 118 cm³/mol. The van der Waals surface area contributed by atoms with E-state index >= 15 is 0 Å². The zero-order valence-corrected chi connectivity index (χ0v) is 18.3. The summed E-state index contributed by atoms with van der Waals surface area (Å²) < 4.78 is 5.22. The summed E-state index contributed by atoms with van der Waals surface area (Å²) in [6, 6.07) is 16.2. The van der Waals surface area contributed by atoms with Crippen molar-refractivity contribution in [1.82, 2.24) is 4.98 Å². The smallest absolute Gasteiger partial charge is 0.230 e. The van der Waals surface area contributed by atoms with Crippen LogP contribution >= 0.6 is 11.3 Å². The minimum Gasteiger partial charge on any atom is -0.497 e. The summed E-state index contributed by atoms with van der Waals surface area (Å²) in [6.45, 7) is 5.38. The lowest BCUT2D eigenvalue weighted by Gasteiger charge is -2.21. The number of hydrogen-bond donors (Lipinski definition) is 1. The number of amides is 1. The molecule has 0 radical (unpaired) electrons. The summed E-state index contributed by atoms with van der Waals surface area (Å²) in [5.41, 5.74) is 4.31. The number of methoxy groups -OCH3 is 1. The van der Waals surface area contributed by atoms with Gasteiger partial charge >= 0.3 is 0 Å². The number of para-hydroxylation sites is 1. The Labute approximate surface area is 176 Å². The predicted octanol–water partition coefficient (Wildman–Crippen LogP) is 3.61. The van der Waals surface area contributed by atoms with E-state index in [0.29, 0.717) is 0 Å². The molecule has 5 nitrogen and oxygen atoms in total. The molecule has 0 aliphatic carbocycles. The monoisotopic (exact) mass is 410 g/mol. The lowest BCUT2D eigenvalue weighted by molar-refractivity contribution is -0.908. The summed E-state index contributed by atoms with van der Waals surface area (Å²) in [4.78, 5) is 20.2. The summed E-state index contributed by atoms with van der Waals surface area (Å²) in [6.07, 6.45) is 0.868. The molecule has 1 atom stereocenters. The van der Waals surface area contributed by atoms with E-state index in [4.69, 9.17) is 9.72 Å². The van der Waals surface area contributed by atoms with Gasteiger partial charge in [0.2, 0.25) is 5.91 Å². The Hall–Kier alpha value is -2.70. The van der Waals surface area contributed by atoms with Crippen LogP contribution in [0.5, 0.6) is 5.75 Å². The van der Waals surface area contributed by atoms with Crippen molar-refractivity contribution >= 4 is 28.1 Å². The van der Waals surface area contributed by atoms with Gasteiger partial charge in [0, 0.05) is 17.9 Å². The van der Waals surface area contributed by atoms with E-state index in [-0.39, 0.29) is 5.91 Å². The average Bonchev–Trinajstić information content (AvgIpc) is 3.16. The van der Waals surface area contributed by atoms with Crippen LogP contribution in [-0.4, -0.2) is 25.0 Å². The maximum Gasteiger partial charge on any atom is 0.230 e. The molecular formula is C23H28N3O2S+. The van der Waals surface area contributed by atoms with Crippen LogP contribution in [0.4, 0.5) is 10.8 Å². The number of carbonyl (C=O) groups is 1.